The van der Waals surface area contributed by atoms with Crippen molar-refractivity contribution in [3.8, 4) is 0 Å². The topological polar surface area (TPSA) is 8.88 Å². The summed E-state index contributed by atoms with van der Waals surface area (Å²) in [6.07, 6.45) is 2.53. The molecule has 1 aliphatic heterocycles. The maximum Gasteiger partial charge on any atom is 0.127 e. The predicted molar refractivity (Wildman–Crippen MR) is 100 cm³/mol. The van der Waals surface area contributed by atoms with Crippen molar-refractivity contribution in [3.05, 3.63) is 58.6 Å². The first-order valence-corrected chi connectivity index (χ1v) is 10.1. The Labute approximate surface area is 153 Å². The van der Waals surface area contributed by atoms with Gasteiger partial charge in [0.15, 0.2) is 0 Å². The van der Waals surface area contributed by atoms with Crippen molar-refractivity contribution in [1.82, 2.24) is 0 Å². The van der Waals surface area contributed by atoms with Crippen molar-refractivity contribution in [2.24, 2.45) is 0 Å². The van der Waals surface area contributed by atoms with Gasteiger partial charge in [0.2, 0.25) is 0 Å². The fraction of sp³-hybridized carbons (Fsp3) is 0.400. The lowest BCUT2D eigenvalue weighted by Crippen LogP contribution is -3.27. The van der Waals surface area contributed by atoms with E-state index in [4.69, 9.17) is 11.6 Å². The number of rotatable bonds is 3. The molecule has 1 heterocycles. The third-order valence-electron chi connectivity index (χ3n) is 5.51. The number of halogens is 1. The maximum absolute atomic E-state index is 6.01. The van der Waals surface area contributed by atoms with Gasteiger partial charge >= 0.3 is 0 Å². The summed E-state index contributed by atoms with van der Waals surface area (Å²) < 4.78 is 0. The summed E-state index contributed by atoms with van der Waals surface area (Å²) >= 11 is 7.89. The molecule has 1 fully saturated rings. The molecule has 0 spiro atoms. The molecule has 2 aliphatic rings. The van der Waals surface area contributed by atoms with Crippen molar-refractivity contribution >= 4 is 23.4 Å². The molecule has 4 heteroatoms. The number of nitrogens with one attached hydrogen (secondary N) is 2. The summed E-state index contributed by atoms with van der Waals surface area (Å²) in [6.45, 7) is 5.23. The zero-order valence-corrected chi connectivity index (χ0v) is 15.7. The second-order valence-electron chi connectivity index (χ2n) is 7.09. The van der Waals surface area contributed by atoms with E-state index in [-0.39, 0.29) is 0 Å². The molecular weight excluding hydrogens is 336 g/mol. The van der Waals surface area contributed by atoms with Gasteiger partial charge in [0.25, 0.3) is 0 Å². The van der Waals surface area contributed by atoms with Gasteiger partial charge in [-0.2, -0.15) is 0 Å². The van der Waals surface area contributed by atoms with E-state index in [0.29, 0.717) is 6.04 Å². The van der Waals surface area contributed by atoms with Crippen LogP contribution in [0.5, 0.6) is 0 Å². The molecule has 1 atom stereocenters. The molecule has 0 unspecified atom stereocenters. The molecule has 0 radical (unpaired) electrons. The first-order valence-electron chi connectivity index (χ1n) is 8.92. The van der Waals surface area contributed by atoms with E-state index in [2.05, 4.69) is 37.4 Å². The Morgan fingerprint density at radius 2 is 1.75 bits per heavy atom. The van der Waals surface area contributed by atoms with Gasteiger partial charge < -0.3 is 9.80 Å². The first-order chi connectivity index (χ1) is 11.7. The zero-order valence-electron chi connectivity index (χ0n) is 14.1. The Morgan fingerprint density at radius 3 is 2.50 bits per heavy atom. The highest BCUT2D eigenvalue weighted by Gasteiger charge is 2.35. The molecule has 126 valence electrons. The largest absolute Gasteiger partial charge is 0.328 e. The van der Waals surface area contributed by atoms with Crippen LogP contribution in [0.1, 0.15) is 23.6 Å². The van der Waals surface area contributed by atoms with Crippen LogP contribution in [-0.4, -0.2) is 33.2 Å². The minimum atomic E-state index is 0.707. The van der Waals surface area contributed by atoms with E-state index in [1.54, 1.807) is 20.9 Å². The summed E-state index contributed by atoms with van der Waals surface area (Å²) in [6, 6.07) is 15.8. The predicted octanol–water partition coefficient (Wildman–Crippen LogP) is 1.89. The number of hydrogen-bond acceptors (Lipinski definition) is 1. The van der Waals surface area contributed by atoms with Crippen LogP contribution in [0.4, 0.5) is 0 Å². The maximum atomic E-state index is 6.01. The average Bonchev–Trinajstić information content (AvgIpc) is 3.03. The van der Waals surface area contributed by atoms with E-state index < -0.39 is 0 Å². The van der Waals surface area contributed by atoms with E-state index >= 15 is 0 Å². The number of fused-ring (bicyclic) bond motifs is 1. The van der Waals surface area contributed by atoms with Gasteiger partial charge in [-0.15, -0.1) is 0 Å². The van der Waals surface area contributed by atoms with Crippen molar-refractivity contribution in [2.45, 2.75) is 28.7 Å². The van der Waals surface area contributed by atoms with E-state index in [1.807, 2.05) is 23.9 Å². The standard InChI is InChI=1S/C20H23ClN2S/c1-22-11-13-23(14-12-22)19-10-9-18-17(19)3-2-4-20(18)24-16-7-5-15(21)6-8-16/h2-8,19H,9-14H2,1H3/p+2/t19-/m0/s1. The Balaban J connectivity index is 1.56. The monoisotopic (exact) mass is 360 g/mol. The van der Waals surface area contributed by atoms with Crippen LogP contribution >= 0.6 is 23.4 Å². The van der Waals surface area contributed by atoms with Crippen LogP contribution in [0.3, 0.4) is 0 Å². The number of benzene rings is 2. The molecule has 0 bridgehead atoms. The quantitative estimate of drug-likeness (QED) is 0.849. The SMILES string of the molecule is C[NH+]1CC[NH+]([C@H]2CCc3c(Sc4ccc(Cl)cc4)cccc32)CC1. The Morgan fingerprint density at radius 1 is 1.00 bits per heavy atom. The molecule has 1 saturated heterocycles. The van der Waals surface area contributed by atoms with Crippen LogP contribution < -0.4 is 9.80 Å². The molecule has 0 aromatic heterocycles. The second kappa shape index (κ2) is 7.09. The Hall–Kier alpha value is -1.00. The van der Waals surface area contributed by atoms with E-state index in [1.165, 1.54) is 48.8 Å². The fourth-order valence-electron chi connectivity index (χ4n) is 4.12. The molecule has 2 nitrogen and oxygen atoms in total. The number of piperazine rings is 1. The highest BCUT2D eigenvalue weighted by molar-refractivity contribution is 7.99. The van der Waals surface area contributed by atoms with Crippen molar-refractivity contribution < 1.29 is 9.80 Å². The number of hydrogen-bond donors (Lipinski definition) is 2. The van der Waals surface area contributed by atoms with Gasteiger partial charge in [0.1, 0.15) is 32.2 Å². The normalized spacial score (nSPS) is 26.3. The minimum absolute atomic E-state index is 0.707. The fourth-order valence-corrected chi connectivity index (χ4v) is 5.26. The Kier molecular flexibility index (Phi) is 4.86. The molecule has 2 aromatic carbocycles. The van der Waals surface area contributed by atoms with Crippen LogP contribution in [0, 0.1) is 0 Å². The van der Waals surface area contributed by atoms with Crippen molar-refractivity contribution in [3.63, 3.8) is 0 Å². The summed E-state index contributed by atoms with van der Waals surface area (Å²) in [5.41, 5.74) is 3.18. The first kappa shape index (κ1) is 16.5. The Bertz CT molecular complexity index is 708. The molecule has 1 aliphatic carbocycles. The molecule has 0 saturated carbocycles. The van der Waals surface area contributed by atoms with Gasteiger partial charge in [0.05, 0.1) is 7.05 Å². The summed E-state index contributed by atoms with van der Waals surface area (Å²) in [5.74, 6) is 0. The molecule has 0 amide bonds. The van der Waals surface area contributed by atoms with Crippen LogP contribution in [0.15, 0.2) is 52.3 Å². The van der Waals surface area contributed by atoms with Gasteiger partial charge in [-0.25, -0.2) is 0 Å². The van der Waals surface area contributed by atoms with Gasteiger partial charge in [-0.3, -0.25) is 0 Å². The summed E-state index contributed by atoms with van der Waals surface area (Å²) in [5, 5.41) is 0.804. The summed E-state index contributed by atoms with van der Waals surface area (Å²) in [4.78, 5) is 6.18. The average molecular weight is 361 g/mol. The highest BCUT2D eigenvalue weighted by atomic mass is 35.5. The number of quaternary nitrogens is 2. The van der Waals surface area contributed by atoms with Gasteiger partial charge in [-0.1, -0.05) is 35.5 Å². The van der Waals surface area contributed by atoms with Crippen molar-refractivity contribution in [2.75, 3.05) is 33.2 Å². The van der Waals surface area contributed by atoms with Crippen LogP contribution in [-0.2, 0) is 6.42 Å². The smallest absolute Gasteiger partial charge is 0.127 e. The third-order valence-corrected chi connectivity index (χ3v) is 6.87. The lowest BCUT2D eigenvalue weighted by molar-refractivity contribution is -1.02. The molecule has 2 aromatic rings. The van der Waals surface area contributed by atoms with Crippen LogP contribution in [0.25, 0.3) is 0 Å². The van der Waals surface area contributed by atoms with Crippen LogP contribution in [0.2, 0.25) is 5.02 Å². The van der Waals surface area contributed by atoms with Gasteiger partial charge in [-0.05, 0) is 42.3 Å². The second-order valence-corrected chi connectivity index (χ2v) is 8.64. The highest BCUT2D eigenvalue weighted by Crippen LogP contribution is 2.39. The lowest BCUT2D eigenvalue weighted by Gasteiger charge is -2.32. The molecule has 24 heavy (non-hydrogen) atoms. The van der Waals surface area contributed by atoms with Crippen molar-refractivity contribution in [1.29, 1.82) is 0 Å². The van der Waals surface area contributed by atoms with E-state index in [0.717, 1.165) is 5.02 Å². The molecule has 4 rings (SSSR count). The third kappa shape index (κ3) is 3.36. The lowest BCUT2D eigenvalue weighted by atomic mass is 10.1. The minimum Gasteiger partial charge on any atom is -0.328 e. The summed E-state index contributed by atoms with van der Waals surface area (Å²) in [7, 11) is 2.32. The molecular formula is C20H25ClN2S+2. The molecule has 2 N–H and O–H groups in total. The van der Waals surface area contributed by atoms with Gasteiger partial charge in [0, 0.05) is 26.8 Å². The number of likely N-dealkylation sites (N-methyl/N-ethyl adjacent to an activating group) is 1. The zero-order chi connectivity index (χ0) is 16.5. The van der Waals surface area contributed by atoms with E-state index in [9.17, 15) is 0 Å².